The summed E-state index contributed by atoms with van der Waals surface area (Å²) in [6, 6.07) is 19.0. The van der Waals surface area contributed by atoms with Gasteiger partial charge in [0.05, 0.1) is 23.1 Å². The highest BCUT2D eigenvalue weighted by atomic mass is 32.1. The molecule has 7 heteroatoms. The number of hydrogen-bond donors (Lipinski definition) is 3. The molecule has 0 radical (unpaired) electrons. The van der Waals surface area contributed by atoms with E-state index in [2.05, 4.69) is 78.7 Å². The van der Waals surface area contributed by atoms with Crippen LogP contribution in [0.15, 0.2) is 77.8 Å². The van der Waals surface area contributed by atoms with Crippen molar-refractivity contribution in [3.05, 3.63) is 77.8 Å². The number of anilines is 1. The Morgan fingerprint density at radius 3 is 2.68 bits per heavy atom. The molecule has 1 aliphatic rings. The van der Waals surface area contributed by atoms with Crippen molar-refractivity contribution in [3.8, 4) is 33.6 Å². The first-order valence-corrected chi connectivity index (χ1v) is 14.1. The van der Waals surface area contributed by atoms with Crippen molar-refractivity contribution in [2.75, 3.05) is 5.32 Å². The molecule has 6 aromatic rings. The maximum absolute atomic E-state index is 12.8. The summed E-state index contributed by atoms with van der Waals surface area (Å²) in [7, 11) is 0. The van der Waals surface area contributed by atoms with Gasteiger partial charge in [-0.25, -0.2) is 0 Å². The van der Waals surface area contributed by atoms with Crippen molar-refractivity contribution < 1.29 is 4.79 Å². The zero-order valence-corrected chi connectivity index (χ0v) is 21.6. The van der Waals surface area contributed by atoms with Gasteiger partial charge in [0.25, 0.3) is 0 Å². The van der Waals surface area contributed by atoms with Gasteiger partial charge >= 0.3 is 0 Å². The Bertz CT molecular complexity index is 1760. The van der Waals surface area contributed by atoms with Crippen LogP contribution < -0.4 is 5.32 Å². The Hall–Kier alpha value is -4.23. The summed E-state index contributed by atoms with van der Waals surface area (Å²) in [5.41, 5.74) is 9.06. The lowest BCUT2D eigenvalue weighted by Crippen LogP contribution is -2.24. The van der Waals surface area contributed by atoms with Crippen LogP contribution in [0.1, 0.15) is 32.1 Å². The quantitative estimate of drug-likeness (QED) is 0.216. The highest BCUT2D eigenvalue weighted by Crippen LogP contribution is 2.36. The minimum absolute atomic E-state index is 0.105. The Morgan fingerprint density at radius 1 is 0.895 bits per heavy atom. The van der Waals surface area contributed by atoms with Gasteiger partial charge in [0, 0.05) is 34.0 Å². The van der Waals surface area contributed by atoms with E-state index in [9.17, 15) is 4.79 Å². The molecule has 1 amide bonds. The first-order valence-electron chi connectivity index (χ1n) is 13.1. The fourth-order valence-corrected chi connectivity index (χ4v) is 6.28. The van der Waals surface area contributed by atoms with Crippen molar-refractivity contribution in [2.24, 2.45) is 5.92 Å². The third-order valence-electron chi connectivity index (χ3n) is 7.63. The average Bonchev–Trinajstić information content (AvgIpc) is 3.73. The first-order chi connectivity index (χ1) is 18.7. The maximum atomic E-state index is 12.8. The van der Waals surface area contributed by atoms with E-state index in [4.69, 9.17) is 0 Å². The van der Waals surface area contributed by atoms with E-state index in [1.54, 1.807) is 17.5 Å². The highest BCUT2D eigenvalue weighted by molar-refractivity contribution is 7.08. The minimum Gasteiger partial charge on any atom is -0.353 e. The number of carbonyl (C=O) groups excluding carboxylic acids is 1. The van der Waals surface area contributed by atoms with Gasteiger partial charge in [0.1, 0.15) is 5.69 Å². The number of hydrogen-bond acceptors (Lipinski definition) is 4. The number of rotatable bonds is 5. The van der Waals surface area contributed by atoms with Crippen LogP contribution in [0.3, 0.4) is 0 Å². The van der Waals surface area contributed by atoms with E-state index in [0.29, 0.717) is 0 Å². The second kappa shape index (κ2) is 9.58. The van der Waals surface area contributed by atoms with Crippen LogP contribution in [0.2, 0.25) is 0 Å². The number of fused-ring (bicyclic) bond motifs is 2. The van der Waals surface area contributed by atoms with Gasteiger partial charge in [-0.15, -0.1) is 0 Å². The Morgan fingerprint density at radius 2 is 1.82 bits per heavy atom. The van der Waals surface area contributed by atoms with E-state index in [0.717, 1.165) is 70.3 Å². The van der Waals surface area contributed by atoms with Gasteiger partial charge in [-0.2, -0.15) is 16.4 Å². The van der Waals surface area contributed by atoms with Crippen LogP contribution in [-0.2, 0) is 4.79 Å². The van der Waals surface area contributed by atoms with Crippen molar-refractivity contribution in [2.45, 2.75) is 32.1 Å². The smallest absolute Gasteiger partial charge is 0.227 e. The highest BCUT2D eigenvalue weighted by Gasteiger charge is 2.21. The van der Waals surface area contributed by atoms with Gasteiger partial charge in [0.15, 0.2) is 0 Å². The van der Waals surface area contributed by atoms with E-state index in [1.807, 2.05) is 18.3 Å². The van der Waals surface area contributed by atoms with Crippen molar-refractivity contribution in [3.63, 3.8) is 0 Å². The standard InChI is InChI=1S/C31H27N5OS/c37-31(19-5-2-1-3-6-19)33-23-13-22(16-32-17-23)20-9-10-28-26(14-20)30(36-35-28)29-15-25-24(21-11-12-38-18-21)7-4-8-27(25)34-29/h4,7-19,34H,1-3,5-6H2,(H,33,37)(H,35,36). The van der Waals surface area contributed by atoms with Crippen LogP contribution in [-0.4, -0.2) is 26.1 Å². The Labute approximate surface area is 224 Å². The molecule has 0 bridgehead atoms. The van der Waals surface area contributed by atoms with Gasteiger partial charge in [-0.1, -0.05) is 37.5 Å². The Kier molecular flexibility index (Phi) is 5.78. The van der Waals surface area contributed by atoms with Crippen molar-refractivity contribution in [1.29, 1.82) is 0 Å². The van der Waals surface area contributed by atoms with E-state index in [-0.39, 0.29) is 11.8 Å². The summed E-state index contributed by atoms with van der Waals surface area (Å²) in [6.07, 6.45) is 9.01. The molecule has 0 unspecified atom stereocenters. The molecule has 6 nitrogen and oxygen atoms in total. The van der Waals surface area contributed by atoms with Gasteiger partial charge in [-0.05, 0) is 76.7 Å². The molecular weight excluding hydrogens is 490 g/mol. The van der Waals surface area contributed by atoms with Gasteiger partial charge in [0.2, 0.25) is 5.91 Å². The molecule has 188 valence electrons. The molecule has 38 heavy (non-hydrogen) atoms. The number of nitrogens with one attached hydrogen (secondary N) is 3. The number of pyridine rings is 1. The topological polar surface area (TPSA) is 86.5 Å². The molecular formula is C31H27N5OS. The number of thiophene rings is 1. The maximum Gasteiger partial charge on any atom is 0.227 e. The fraction of sp³-hybridized carbons (Fsp3) is 0.194. The van der Waals surface area contributed by atoms with Crippen molar-refractivity contribution in [1.82, 2.24) is 20.2 Å². The third kappa shape index (κ3) is 4.19. The summed E-state index contributed by atoms with van der Waals surface area (Å²) < 4.78 is 0. The molecule has 0 spiro atoms. The fourth-order valence-electron chi connectivity index (χ4n) is 5.63. The normalized spacial score (nSPS) is 14.3. The van der Waals surface area contributed by atoms with Crippen LogP contribution in [0.4, 0.5) is 5.69 Å². The van der Waals surface area contributed by atoms with Crippen LogP contribution in [0, 0.1) is 5.92 Å². The predicted octanol–water partition coefficient (Wildman–Crippen LogP) is 8.02. The number of amides is 1. The molecule has 1 aliphatic carbocycles. The summed E-state index contributed by atoms with van der Waals surface area (Å²) >= 11 is 1.70. The number of aromatic nitrogens is 4. The number of aromatic amines is 2. The predicted molar refractivity (Wildman–Crippen MR) is 155 cm³/mol. The average molecular weight is 518 g/mol. The summed E-state index contributed by atoms with van der Waals surface area (Å²) in [5.74, 6) is 0.214. The number of nitrogens with zero attached hydrogens (tertiary/aromatic N) is 2. The molecule has 0 atom stereocenters. The van der Waals surface area contributed by atoms with Gasteiger partial charge in [-0.3, -0.25) is 14.9 Å². The number of benzene rings is 2. The molecule has 2 aromatic carbocycles. The third-order valence-corrected chi connectivity index (χ3v) is 8.31. The van der Waals surface area contributed by atoms with E-state index >= 15 is 0 Å². The Balaban J connectivity index is 1.23. The lowest BCUT2D eigenvalue weighted by atomic mass is 9.88. The SMILES string of the molecule is O=C(Nc1cncc(-c2ccc3[nH]nc(-c4cc5c(-c6ccsc6)cccc5[nH]4)c3c2)c1)C1CCCCC1. The molecule has 0 saturated heterocycles. The van der Waals surface area contributed by atoms with Crippen LogP contribution in [0.25, 0.3) is 55.4 Å². The summed E-state index contributed by atoms with van der Waals surface area (Å²) in [5, 5.41) is 17.4. The van der Waals surface area contributed by atoms with Crippen LogP contribution in [0.5, 0.6) is 0 Å². The monoisotopic (exact) mass is 517 g/mol. The largest absolute Gasteiger partial charge is 0.353 e. The second-order valence-corrected chi connectivity index (χ2v) is 10.9. The second-order valence-electron chi connectivity index (χ2n) is 10.1. The van der Waals surface area contributed by atoms with Gasteiger partial charge < -0.3 is 10.3 Å². The zero-order chi connectivity index (χ0) is 25.5. The lowest BCUT2D eigenvalue weighted by molar-refractivity contribution is -0.120. The van der Waals surface area contributed by atoms with Crippen molar-refractivity contribution >= 4 is 44.7 Å². The summed E-state index contributed by atoms with van der Waals surface area (Å²) in [6.45, 7) is 0. The first kappa shape index (κ1) is 22.9. The lowest BCUT2D eigenvalue weighted by Gasteiger charge is -2.20. The number of carbonyl (C=O) groups is 1. The molecule has 0 aliphatic heterocycles. The zero-order valence-electron chi connectivity index (χ0n) is 20.8. The molecule has 3 N–H and O–H groups in total. The number of H-pyrrole nitrogens is 2. The van der Waals surface area contributed by atoms with Crippen LogP contribution >= 0.6 is 11.3 Å². The molecule has 4 heterocycles. The van der Waals surface area contributed by atoms with E-state index < -0.39 is 0 Å². The molecule has 1 saturated carbocycles. The minimum atomic E-state index is 0.105. The van der Waals surface area contributed by atoms with E-state index in [1.165, 1.54) is 22.9 Å². The molecule has 1 fully saturated rings. The summed E-state index contributed by atoms with van der Waals surface area (Å²) in [4.78, 5) is 20.8. The molecule has 7 rings (SSSR count). The molecule has 4 aromatic heterocycles.